The highest BCUT2D eigenvalue weighted by atomic mass is 16.3. The molecule has 0 amide bonds. The second-order valence-corrected chi connectivity index (χ2v) is 2.99. The normalized spacial score (nSPS) is 11.0. The van der Waals surface area contributed by atoms with Crippen molar-refractivity contribution in [3.63, 3.8) is 0 Å². The maximum Gasteiger partial charge on any atom is 0.0607 e. The van der Waals surface area contributed by atoms with Gasteiger partial charge in [-0.1, -0.05) is 0 Å². The van der Waals surface area contributed by atoms with E-state index in [0.717, 1.165) is 13.0 Å². The molecule has 4 nitrogen and oxygen atoms in total. The van der Waals surface area contributed by atoms with Gasteiger partial charge in [0.2, 0.25) is 0 Å². The number of aromatic nitrogens is 1. The van der Waals surface area contributed by atoms with Crippen molar-refractivity contribution in [3.8, 4) is 0 Å². The Bertz CT molecular complexity index is 207. The van der Waals surface area contributed by atoms with Crippen molar-refractivity contribution in [2.24, 2.45) is 0 Å². The average Bonchev–Trinajstić information content (AvgIpc) is 2.65. The van der Waals surface area contributed by atoms with Crippen LogP contribution >= 0.6 is 0 Å². The number of H-pyrrole nitrogens is 1. The lowest BCUT2D eigenvalue weighted by Gasteiger charge is -2.12. The highest BCUT2D eigenvalue weighted by molar-refractivity contribution is 5.08. The van der Waals surface area contributed by atoms with Crippen LogP contribution in [0.5, 0.6) is 0 Å². The van der Waals surface area contributed by atoms with Crippen molar-refractivity contribution in [1.29, 1.82) is 0 Å². The molecule has 0 atom stereocenters. The number of aliphatic hydroxyl groups excluding tert-OH is 2. The van der Waals surface area contributed by atoms with E-state index in [-0.39, 0.29) is 19.3 Å². The molecule has 0 spiro atoms. The molecule has 0 aliphatic heterocycles. The van der Waals surface area contributed by atoms with Crippen LogP contribution < -0.4 is 5.32 Å². The summed E-state index contributed by atoms with van der Waals surface area (Å²) in [6.07, 6.45) is 4.72. The quantitative estimate of drug-likeness (QED) is 0.482. The van der Waals surface area contributed by atoms with E-state index in [1.54, 1.807) is 0 Å². The Morgan fingerprint density at radius 2 is 2.15 bits per heavy atom. The second-order valence-electron chi connectivity index (χ2n) is 2.99. The van der Waals surface area contributed by atoms with Crippen LogP contribution in [0.15, 0.2) is 18.5 Å². The summed E-state index contributed by atoms with van der Waals surface area (Å²) in [5.74, 6) is 0. The van der Waals surface area contributed by atoms with Crippen molar-refractivity contribution in [2.75, 3.05) is 19.8 Å². The molecule has 0 saturated heterocycles. The largest absolute Gasteiger partial charge is 0.395 e. The van der Waals surface area contributed by atoms with Crippen molar-refractivity contribution in [2.45, 2.75) is 12.5 Å². The van der Waals surface area contributed by atoms with Crippen LogP contribution in [-0.2, 0) is 6.42 Å². The zero-order chi connectivity index (χ0) is 9.52. The molecule has 1 heterocycles. The Balaban J connectivity index is 2.13. The molecule has 0 bridgehead atoms. The minimum atomic E-state index is -0.195. The fraction of sp³-hybridized carbons (Fsp3) is 0.556. The molecule has 4 heteroatoms. The first kappa shape index (κ1) is 10.2. The lowest BCUT2D eigenvalue weighted by atomic mass is 10.2. The molecule has 13 heavy (non-hydrogen) atoms. The molecule has 4 N–H and O–H groups in total. The van der Waals surface area contributed by atoms with Crippen LogP contribution in [0.1, 0.15) is 5.56 Å². The van der Waals surface area contributed by atoms with Crippen LogP contribution in [0.3, 0.4) is 0 Å². The van der Waals surface area contributed by atoms with Gasteiger partial charge in [-0.2, -0.15) is 0 Å². The molecule has 0 fully saturated rings. The lowest BCUT2D eigenvalue weighted by molar-refractivity contribution is 0.171. The van der Waals surface area contributed by atoms with Crippen LogP contribution in [0.25, 0.3) is 0 Å². The van der Waals surface area contributed by atoms with E-state index in [4.69, 9.17) is 10.2 Å². The maximum absolute atomic E-state index is 8.75. The summed E-state index contributed by atoms with van der Waals surface area (Å²) >= 11 is 0. The molecule has 0 saturated carbocycles. The molecule has 0 aliphatic rings. The predicted octanol–water partition coefficient (Wildman–Crippen LogP) is -0.500. The smallest absolute Gasteiger partial charge is 0.0607 e. The van der Waals surface area contributed by atoms with Gasteiger partial charge in [0.05, 0.1) is 19.3 Å². The van der Waals surface area contributed by atoms with E-state index < -0.39 is 0 Å². The number of aliphatic hydroxyl groups is 2. The Morgan fingerprint density at radius 3 is 2.69 bits per heavy atom. The third kappa shape index (κ3) is 3.59. The third-order valence-electron chi connectivity index (χ3n) is 1.95. The van der Waals surface area contributed by atoms with E-state index in [2.05, 4.69) is 10.3 Å². The summed E-state index contributed by atoms with van der Waals surface area (Å²) in [4.78, 5) is 2.97. The number of nitrogens with one attached hydrogen (secondary N) is 2. The lowest BCUT2D eigenvalue weighted by Crippen LogP contribution is -2.36. The minimum Gasteiger partial charge on any atom is -0.395 e. The van der Waals surface area contributed by atoms with Gasteiger partial charge in [-0.15, -0.1) is 0 Å². The Kier molecular flexibility index (Phi) is 4.53. The number of rotatable bonds is 6. The zero-order valence-corrected chi connectivity index (χ0v) is 7.53. The van der Waals surface area contributed by atoms with E-state index in [9.17, 15) is 0 Å². The van der Waals surface area contributed by atoms with E-state index >= 15 is 0 Å². The first-order valence-electron chi connectivity index (χ1n) is 4.43. The molecule has 1 rings (SSSR count). The SMILES string of the molecule is OCC(CO)NCCc1cc[nH]c1. The molecule has 0 radical (unpaired) electrons. The highest BCUT2D eigenvalue weighted by Gasteiger charge is 2.03. The Labute approximate surface area is 77.6 Å². The van der Waals surface area contributed by atoms with Crippen molar-refractivity contribution in [3.05, 3.63) is 24.0 Å². The molecule has 0 unspecified atom stereocenters. The summed E-state index contributed by atoms with van der Waals surface area (Å²) in [7, 11) is 0. The summed E-state index contributed by atoms with van der Waals surface area (Å²) in [5, 5.41) is 20.6. The summed E-state index contributed by atoms with van der Waals surface area (Å²) in [6, 6.07) is 1.81. The van der Waals surface area contributed by atoms with Gasteiger partial charge in [-0.25, -0.2) is 0 Å². The fourth-order valence-electron chi connectivity index (χ4n) is 1.12. The highest BCUT2D eigenvalue weighted by Crippen LogP contribution is 1.96. The molecule has 1 aromatic heterocycles. The minimum absolute atomic E-state index is 0.0242. The maximum atomic E-state index is 8.75. The van der Waals surface area contributed by atoms with Gasteiger partial charge in [-0.05, 0) is 24.6 Å². The van der Waals surface area contributed by atoms with Crippen LogP contribution in [-0.4, -0.2) is 41.0 Å². The van der Waals surface area contributed by atoms with Crippen LogP contribution in [0.2, 0.25) is 0 Å². The first-order valence-corrected chi connectivity index (χ1v) is 4.43. The van der Waals surface area contributed by atoms with Gasteiger partial charge >= 0.3 is 0 Å². The van der Waals surface area contributed by atoms with Gasteiger partial charge < -0.3 is 20.5 Å². The van der Waals surface area contributed by atoms with Crippen molar-refractivity contribution >= 4 is 0 Å². The first-order chi connectivity index (χ1) is 6.36. The molecule has 74 valence electrons. The summed E-state index contributed by atoms with van der Waals surface area (Å²) in [5.41, 5.74) is 1.22. The average molecular weight is 184 g/mol. The van der Waals surface area contributed by atoms with E-state index in [0.29, 0.717) is 0 Å². The molecule has 0 aromatic carbocycles. The van der Waals surface area contributed by atoms with Gasteiger partial charge in [0.1, 0.15) is 0 Å². The van der Waals surface area contributed by atoms with Gasteiger partial charge in [-0.3, -0.25) is 0 Å². The van der Waals surface area contributed by atoms with Crippen LogP contribution in [0.4, 0.5) is 0 Å². The van der Waals surface area contributed by atoms with E-state index in [1.807, 2.05) is 18.5 Å². The van der Waals surface area contributed by atoms with Crippen molar-refractivity contribution < 1.29 is 10.2 Å². The monoisotopic (exact) mass is 184 g/mol. The van der Waals surface area contributed by atoms with Crippen LogP contribution in [0, 0.1) is 0 Å². The molecule has 0 aliphatic carbocycles. The summed E-state index contributed by atoms with van der Waals surface area (Å²) in [6.45, 7) is 0.719. The molecular weight excluding hydrogens is 168 g/mol. The Hall–Kier alpha value is -0.840. The van der Waals surface area contributed by atoms with Crippen molar-refractivity contribution in [1.82, 2.24) is 10.3 Å². The van der Waals surface area contributed by atoms with E-state index in [1.165, 1.54) is 5.56 Å². The van der Waals surface area contributed by atoms with Gasteiger partial charge in [0.15, 0.2) is 0 Å². The Morgan fingerprint density at radius 1 is 1.38 bits per heavy atom. The second kappa shape index (κ2) is 5.75. The standard InChI is InChI=1S/C9H16N2O2/c12-6-9(7-13)11-4-2-8-1-3-10-5-8/h1,3,5,9-13H,2,4,6-7H2. The molecular formula is C9H16N2O2. The predicted molar refractivity (Wildman–Crippen MR) is 50.5 cm³/mol. The zero-order valence-electron chi connectivity index (χ0n) is 7.53. The topological polar surface area (TPSA) is 68.3 Å². The molecule has 1 aromatic rings. The number of aromatic amines is 1. The number of hydrogen-bond acceptors (Lipinski definition) is 3. The van der Waals surface area contributed by atoms with Gasteiger partial charge in [0, 0.05) is 12.4 Å². The van der Waals surface area contributed by atoms with Gasteiger partial charge in [0.25, 0.3) is 0 Å². The third-order valence-corrected chi connectivity index (χ3v) is 1.95. The number of hydrogen-bond donors (Lipinski definition) is 4. The summed E-state index contributed by atoms with van der Waals surface area (Å²) < 4.78 is 0. The fourth-order valence-corrected chi connectivity index (χ4v) is 1.12.